The number of imidazole rings is 1. The van der Waals surface area contributed by atoms with E-state index in [1.807, 2.05) is 12.1 Å². The van der Waals surface area contributed by atoms with Gasteiger partial charge in [-0.3, -0.25) is 4.90 Å². The molecule has 0 amide bonds. The maximum Gasteiger partial charge on any atom is 0.247 e. The van der Waals surface area contributed by atoms with Crippen LogP contribution in [-0.4, -0.2) is 62.7 Å². The number of hydrogen-bond acceptors (Lipinski definition) is 9. The highest BCUT2D eigenvalue weighted by Gasteiger charge is 2.44. The summed E-state index contributed by atoms with van der Waals surface area (Å²) < 4.78 is 1.58. The van der Waals surface area contributed by atoms with E-state index in [4.69, 9.17) is 23.1 Å². The first-order valence-electron chi connectivity index (χ1n) is 11.5. The van der Waals surface area contributed by atoms with Crippen LogP contribution in [0, 0.1) is 0 Å². The van der Waals surface area contributed by atoms with Crippen LogP contribution in [0.3, 0.4) is 0 Å². The zero-order valence-electron chi connectivity index (χ0n) is 18.7. The molecule has 6 N–H and O–H groups in total. The number of nitrogens with two attached hydrogens (primary N) is 2. The van der Waals surface area contributed by atoms with Crippen molar-refractivity contribution in [3.63, 3.8) is 0 Å². The minimum absolute atomic E-state index is 0.234. The van der Waals surface area contributed by atoms with Crippen molar-refractivity contribution in [2.45, 2.75) is 43.7 Å². The van der Waals surface area contributed by atoms with Crippen LogP contribution in [0.2, 0.25) is 5.02 Å². The lowest BCUT2D eigenvalue weighted by atomic mass is 9.96. The Hall–Kier alpha value is -2.98. The molecular formula is C22H29ClN10. The summed E-state index contributed by atoms with van der Waals surface area (Å²) in [7, 11) is 2.23. The van der Waals surface area contributed by atoms with Crippen LogP contribution < -0.4 is 27.0 Å². The number of nitrogen functional groups attached to an aromatic ring is 2. The molecule has 11 heteroatoms. The summed E-state index contributed by atoms with van der Waals surface area (Å²) in [5.41, 5.74) is 15.5. The molecule has 6 rings (SSSR count). The molecule has 0 radical (unpaired) electrons. The van der Waals surface area contributed by atoms with Crippen LogP contribution in [0.5, 0.6) is 0 Å². The van der Waals surface area contributed by atoms with Crippen molar-refractivity contribution in [3.05, 3.63) is 23.4 Å². The molecule has 3 aromatic rings. The average Bonchev–Trinajstić information content (AvgIpc) is 3.20. The number of nitrogens with zero attached hydrogens (tertiary/aromatic N) is 6. The third-order valence-corrected chi connectivity index (χ3v) is 7.64. The Balaban J connectivity index is 1.33. The molecule has 1 saturated carbocycles. The van der Waals surface area contributed by atoms with E-state index in [0.29, 0.717) is 45.7 Å². The lowest BCUT2D eigenvalue weighted by Crippen LogP contribution is -2.43. The van der Waals surface area contributed by atoms with Crippen molar-refractivity contribution in [2.24, 2.45) is 0 Å². The summed E-state index contributed by atoms with van der Waals surface area (Å²) in [5, 5.41) is 11.8. The minimum Gasteiger partial charge on any atom is -0.399 e. The highest BCUT2D eigenvalue weighted by atomic mass is 35.5. The Morgan fingerprint density at radius 2 is 2.03 bits per heavy atom. The van der Waals surface area contributed by atoms with Crippen molar-refractivity contribution in [1.29, 1.82) is 0 Å². The van der Waals surface area contributed by atoms with E-state index in [1.54, 1.807) is 10.7 Å². The smallest absolute Gasteiger partial charge is 0.247 e. The molecule has 174 valence electrons. The molecule has 0 bridgehead atoms. The highest BCUT2D eigenvalue weighted by Crippen LogP contribution is 2.43. The largest absolute Gasteiger partial charge is 0.399 e. The van der Waals surface area contributed by atoms with Gasteiger partial charge in [0.25, 0.3) is 0 Å². The van der Waals surface area contributed by atoms with Gasteiger partial charge in [0.15, 0.2) is 11.5 Å². The number of rotatable bonds is 5. The van der Waals surface area contributed by atoms with Gasteiger partial charge < -0.3 is 27.0 Å². The Morgan fingerprint density at radius 3 is 2.79 bits per heavy atom. The first-order chi connectivity index (χ1) is 15.9. The summed E-state index contributed by atoms with van der Waals surface area (Å²) in [6.45, 7) is 3.06. The molecule has 10 nitrogen and oxygen atoms in total. The number of likely N-dealkylation sites (N-methyl/N-ethyl adjacent to an activating group) is 1. The number of hydrogen-bond donors (Lipinski definition) is 4. The SMILES string of the molecule is CN1CCCC12CCN(c1cc(N)cc(Nc3nc(NC4CC4)c4ncc(N)n4n3)c1Cl)C2. The Kier molecular flexibility index (Phi) is 4.70. The van der Waals surface area contributed by atoms with Crippen molar-refractivity contribution < 1.29 is 0 Å². The van der Waals surface area contributed by atoms with Crippen LogP contribution in [0.25, 0.3) is 5.65 Å². The molecular weight excluding hydrogens is 440 g/mol. The van der Waals surface area contributed by atoms with E-state index in [-0.39, 0.29) is 5.54 Å². The number of aromatic nitrogens is 4. The van der Waals surface area contributed by atoms with Gasteiger partial charge in [0.05, 0.1) is 22.6 Å². The van der Waals surface area contributed by atoms with Gasteiger partial charge in [0.2, 0.25) is 5.95 Å². The van der Waals surface area contributed by atoms with Crippen LogP contribution in [0.1, 0.15) is 32.1 Å². The number of anilines is 6. The van der Waals surface area contributed by atoms with E-state index in [0.717, 1.165) is 44.6 Å². The summed E-state index contributed by atoms with van der Waals surface area (Å²) in [6.07, 6.45) is 7.42. The van der Waals surface area contributed by atoms with Gasteiger partial charge in [-0.05, 0) is 57.8 Å². The zero-order chi connectivity index (χ0) is 22.7. The van der Waals surface area contributed by atoms with E-state index in [2.05, 4.69) is 42.5 Å². The molecule has 4 heterocycles. The predicted octanol–water partition coefficient (Wildman–Crippen LogP) is 2.93. The second-order valence-corrected chi connectivity index (χ2v) is 9.95. The molecule has 1 aromatic carbocycles. The number of likely N-dealkylation sites (tertiary alicyclic amines) is 1. The molecule has 2 aromatic heterocycles. The molecule has 2 saturated heterocycles. The lowest BCUT2D eigenvalue weighted by molar-refractivity contribution is 0.198. The second-order valence-electron chi connectivity index (χ2n) is 9.57. The first-order valence-corrected chi connectivity index (χ1v) is 11.9. The normalized spacial score (nSPS) is 23.2. The first kappa shape index (κ1) is 20.6. The van der Waals surface area contributed by atoms with Gasteiger partial charge in [-0.25, -0.2) is 4.98 Å². The topological polar surface area (TPSA) is 126 Å². The van der Waals surface area contributed by atoms with E-state index in [1.165, 1.54) is 12.8 Å². The van der Waals surface area contributed by atoms with Gasteiger partial charge in [-0.15, -0.1) is 5.10 Å². The fourth-order valence-electron chi connectivity index (χ4n) is 5.19. The predicted molar refractivity (Wildman–Crippen MR) is 132 cm³/mol. The number of fused-ring (bicyclic) bond motifs is 1. The summed E-state index contributed by atoms with van der Waals surface area (Å²) in [6, 6.07) is 4.19. The quantitative estimate of drug-likeness (QED) is 0.418. The van der Waals surface area contributed by atoms with Crippen LogP contribution in [-0.2, 0) is 0 Å². The molecule has 3 fully saturated rings. The third-order valence-electron chi connectivity index (χ3n) is 7.25. The Labute approximate surface area is 197 Å². The van der Waals surface area contributed by atoms with Crippen LogP contribution in [0.4, 0.5) is 34.6 Å². The fraction of sp³-hybridized carbons (Fsp3) is 0.500. The van der Waals surface area contributed by atoms with Crippen molar-refractivity contribution >= 4 is 51.9 Å². The Bertz CT molecular complexity index is 1220. The Morgan fingerprint density at radius 1 is 1.18 bits per heavy atom. The standard InChI is InChI=1S/C22H29ClN10/c1-31-7-2-5-22(31)6-8-32(12-22)16-10-13(24)9-15(18(16)23)28-21-29-19(27-14-3-4-14)20-26-11-17(25)33(20)30-21/h9-11,14H,2-8,12,24-25H2,1H3,(H2,27,28,29,30). The molecule has 1 aliphatic carbocycles. The molecule has 2 aliphatic heterocycles. The monoisotopic (exact) mass is 468 g/mol. The minimum atomic E-state index is 0.234. The van der Waals surface area contributed by atoms with Crippen molar-refractivity contribution in [1.82, 2.24) is 24.5 Å². The van der Waals surface area contributed by atoms with Crippen LogP contribution in [0.15, 0.2) is 18.3 Å². The molecule has 1 atom stereocenters. The van der Waals surface area contributed by atoms with Gasteiger partial charge in [0.1, 0.15) is 5.82 Å². The summed E-state index contributed by atoms with van der Waals surface area (Å²) in [4.78, 5) is 13.9. The zero-order valence-corrected chi connectivity index (χ0v) is 19.4. The van der Waals surface area contributed by atoms with Crippen molar-refractivity contribution in [2.75, 3.05) is 53.7 Å². The number of nitrogens with one attached hydrogen (secondary N) is 2. The van der Waals surface area contributed by atoms with E-state index in [9.17, 15) is 0 Å². The third kappa shape index (κ3) is 3.57. The van der Waals surface area contributed by atoms with E-state index >= 15 is 0 Å². The van der Waals surface area contributed by atoms with E-state index < -0.39 is 0 Å². The second kappa shape index (κ2) is 7.53. The average molecular weight is 469 g/mol. The van der Waals surface area contributed by atoms with Gasteiger partial charge in [-0.2, -0.15) is 9.50 Å². The number of halogens is 1. The molecule has 1 unspecified atom stereocenters. The van der Waals surface area contributed by atoms with Gasteiger partial charge in [0, 0.05) is 30.4 Å². The summed E-state index contributed by atoms with van der Waals surface area (Å²) in [5.74, 6) is 1.47. The molecule has 1 spiro atoms. The molecule has 3 aliphatic rings. The highest BCUT2D eigenvalue weighted by molar-refractivity contribution is 6.36. The maximum absolute atomic E-state index is 6.92. The van der Waals surface area contributed by atoms with Crippen molar-refractivity contribution in [3.8, 4) is 0 Å². The van der Waals surface area contributed by atoms with Gasteiger partial charge >= 0.3 is 0 Å². The lowest BCUT2D eigenvalue weighted by Gasteiger charge is -2.32. The van der Waals surface area contributed by atoms with Gasteiger partial charge in [-0.1, -0.05) is 11.6 Å². The maximum atomic E-state index is 6.92. The summed E-state index contributed by atoms with van der Waals surface area (Å²) >= 11 is 6.92. The number of benzene rings is 1. The van der Waals surface area contributed by atoms with Crippen LogP contribution >= 0.6 is 11.6 Å². The fourth-order valence-corrected chi connectivity index (χ4v) is 5.47. The molecule has 33 heavy (non-hydrogen) atoms.